The molecule has 0 aromatic carbocycles. The fraction of sp³-hybridized carbons (Fsp3) is 0.647. The molecular weight excluding hydrogens is 436 g/mol. The van der Waals surface area contributed by atoms with Gasteiger partial charge in [-0.25, -0.2) is 9.59 Å². The van der Waals surface area contributed by atoms with E-state index in [1.54, 1.807) is 35.2 Å². The Labute approximate surface area is 187 Å². The highest BCUT2D eigenvalue weighted by molar-refractivity contribution is 7.59. The lowest BCUT2D eigenvalue weighted by atomic mass is 10.4. The van der Waals surface area contributed by atoms with Gasteiger partial charge in [0.15, 0.2) is 0 Å². The SMILES string of the molecule is C=C(C)C(=O)OC([SiH3])CC.C=C(C)C(=O)OCCC[Si](OC)(OC)OC.S.S. The van der Waals surface area contributed by atoms with Crippen LogP contribution < -0.4 is 0 Å². The van der Waals surface area contributed by atoms with E-state index in [4.69, 9.17) is 22.8 Å². The van der Waals surface area contributed by atoms with Crippen LogP contribution in [-0.4, -0.2) is 64.6 Å². The second-order valence-electron chi connectivity index (χ2n) is 5.72. The van der Waals surface area contributed by atoms with Crippen molar-refractivity contribution < 1.29 is 32.3 Å². The Kier molecular flexibility index (Phi) is 24.6. The lowest BCUT2D eigenvalue weighted by Crippen LogP contribution is -2.42. The van der Waals surface area contributed by atoms with Crippen LogP contribution in [0, 0.1) is 0 Å². The number of hydrogen-bond donors (Lipinski definition) is 0. The molecular formula is C17H38O7S2Si2. The third kappa shape index (κ3) is 16.4. The second kappa shape index (κ2) is 19.7. The van der Waals surface area contributed by atoms with Crippen molar-refractivity contribution >= 4 is 58.0 Å². The van der Waals surface area contributed by atoms with E-state index >= 15 is 0 Å². The summed E-state index contributed by atoms with van der Waals surface area (Å²) in [6.07, 6.45) is 1.55. The molecule has 0 aliphatic rings. The minimum Gasteiger partial charge on any atom is -0.464 e. The number of esters is 2. The summed E-state index contributed by atoms with van der Waals surface area (Å²) < 4.78 is 25.6. The van der Waals surface area contributed by atoms with Crippen LogP contribution in [0.15, 0.2) is 24.3 Å². The van der Waals surface area contributed by atoms with Gasteiger partial charge in [0.2, 0.25) is 0 Å². The smallest absolute Gasteiger partial charge is 0.464 e. The Balaban J connectivity index is -0.000000210. The molecule has 0 fully saturated rings. The monoisotopic (exact) mass is 474 g/mol. The Morgan fingerprint density at radius 3 is 1.71 bits per heavy atom. The predicted molar refractivity (Wildman–Crippen MR) is 128 cm³/mol. The van der Waals surface area contributed by atoms with Gasteiger partial charge in [-0.15, -0.1) is 0 Å². The molecule has 11 heteroatoms. The molecule has 0 amide bonds. The van der Waals surface area contributed by atoms with Crippen molar-refractivity contribution in [2.75, 3.05) is 27.9 Å². The third-order valence-corrected chi connectivity index (χ3v) is 7.26. The zero-order valence-corrected chi connectivity index (χ0v) is 23.2. The van der Waals surface area contributed by atoms with Gasteiger partial charge in [0.05, 0.1) is 22.6 Å². The summed E-state index contributed by atoms with van der Waals surface area (Å²) in [6.45, 7) is 12.6. The normalized spacial score (nSPS) is 10.9. The van der Waals surface area contributed by atoms with E-state index < -0.39 is 8.80 Å². The largest absolute Gasteiger partial charge is 0.500 e. The Morgan fingerprint density at radius 1 is 0.964 bits per heavy atom. The van der Waals surface area contributed by atoms with Gasteiger partial charge in [0.25, 0.3) is 0 Å². The molecule has 0 saturated heterocycles. The Bertz CT molecular complexity index is 464. The summed E-state index contributed by atoms with van der Waals surface area (Å²) in [5.74, 6) is -0.638. The molecule has 0 aliphatic heterocycles. The third-order valence-electron chi connectivity index (χ3n) is 3.37. The molecule has 7 nitrogen and oxygen atoms in total. The zero-order valence-electron chi connectivity index (χ0n) is 18.2. The molecule has 0 aromatic heterocycles. The fourth-order valence-electron chi connectivity index (χ4n) is 1.50. The fourth-order valence-corrected chi connectivity index (χ4v) is 3.40. The minimum atomic E-state index is -2.53. The molecule has 0 spiro atoms. The van der Waals surface area contributed by atoms with Crippen molar-refractivity contribution in [3.63, 3.8) is 0 Å². The molecule has 0 aliphatic carbocycles. The zero-order chi connectivity index (χ0) is 20.8. The van der Waals surface area contributed by atoms with Crippen LogP contribution in [-0.2, 0) is 32.3 Å². The summed E-state index contributed by atoms with van der Waals surface area (Å²) in [4.78, 5) is 21.9. The first-order valence-electron chi connectivity index (χ1n) is 8.43. The molecule has 0 radical (unpaired) electrons. The van der Waals surface area contributed by atoms with Crippen LogP contribution in [0.25, 0.3) is 0 Å². The van der Waals surface area contributed by atoms with Crippen molar-refractivity contribution in [1.82, 2.24) is 0 Å². The Hall–Kier alpha value is -0.566. The van der Waals surface area contributed by atoms with E-state index in [0.29, 0.717) is 30.2 Å². The van der Waals surface area contributed by atoms with Gasteiger partial charge in [-0.1, -0.05) is 20.1 Å². The van der Waals surface area contributed by atoms with Crippen LogP contribution in [0.5, 0.6) is 0 Å². The van der Waals surface area contributed by atoms with Crippen molar-refractivity contribution in [1.29, 1.82) is 0 Å². The van der Waals surface area contributed by atoms with E-state index in [2.05, 4.69) is 13.2 Å². The standard InChI is InChI=1S/C10H20O5Si.C7H14O2Si.2H2S/c1-9(2)10(11)15-7-6-8-16(12-3,13-4)14-5;1-4-6(10)9-7(8)5(2)3;;/h1,6-8H2,2-5H3;6H,2,4H2,1,3,10H3;2*1H2. The summed E-state index contributed by atoms with van der Waals surface area (Å²) in [7, 11) is 3.03. The van der Waals surface area contributed by atoms with E-state index in [1.165, 1.54) is 0 Å². The van der Waals surface area contributed by atoms with E-state index in [0.717, 1.165) is 16.7 Å². The molecule has 0 aromatic rings. The highest BCUT2D eigenvalue weighted by Crippen LogP contribution is 2.14. The summed E-state index contributed by atoms with van der Waals surface area (Å²) in [6, 6.07) is 0.611. The van der Waals surface area contributed by atoms with Gasteiger partial charge in [0, 0.05) is 38.5 Å². The first-order valence-corrected chi connectivity index (χ1v) is 11.5. The predicted octanol–water partition coefficient (Wildman–Crippen LogP) is 1.81. The molecule has 0 heterocycles. The maximum Gasteiger partial charge on any atom is 0.500 e. The van der Waals surface area contributed by atoms with E-state index in [-0.39, 0.29) is 44.7 Å². The van der Waals surface area contributed by atoms with Crippen molar-refractivity contribution in [2.24, 2.45) is 0 Å². The number of carbonyl (C=O) groups is 2. The van der Waals surface area contributed by atoms with E-state index in [1.807, 2.05) is 6.92 Å². The Morgan fingerprint density at radius 2 is 1.39 bits per heavy atom. The van der Waals surface area contributed by atoms with Gasteiger partial charge in [-0.3, -0.25) is 0 Å². The molecule has 0 saturated carbocycles. The summed E-state index contributed by atoms with van der Waals surface area (Å²) >= 11 is 0. The maximum absolute atomic E-state index is 11.1. The summed E-state index contributed by atoms with van der Waals surface area (Å²) in [5.41, 5.74) is 1.02. The topological polar surface area (TPSA) is 80.3 Å². The number of hydrogen-bond acceptors (Lipinski definition) is 7. The lowest BCUT2D eigenvalue weighted by molar-refractivity contribution is -0.141. The molecule has 0 N–H and O–H groups in total. The first kappa shape index (κ1) is 34.9. The first-order chi connectivity index (χ1) is 12.1. The molecule has 0 rings (SSSR count). The second-order valence-corrected chi connectivity index (χ2v) is 10.1. The number of ether oxygens (including phenoxy) is 2. The van der Waals surface area contributed by atoms with Crippen molar-refractivity contribution in [2.45, 2.75) is 45.4 Å². The molecule has 28 heavy (non-hydrogen) atoms. The average Bonchev–Trinajstić information content (AvgIpc) is 2.62. The number of carbonyl (C=O) groups excluding carboxylic acids is 2. The average molecular weight is 475 g/mol. The van der Waals surface area contributed by atoms with Crippen molar-refractivity contribution in [3.05, 3.63) is 24.3 Å². The van der Waals surface area contributed by atoms with Crippen LogP contribution in [0.1, 0.15) is 33.6 Å². The van der Waals surface area contributed by atoms with Gasteiger partial charge in [-0.05, 0) is 26.7 Å². The lowest BCUT2D eigenvalue weighted by Gasteiger charge is -2.24. The highest BCUT2D eigenvalue weighted by Gasteiger charge is 2.36. The van der Waals surface area contributed by atoms with Gasteiger partial charge in [-0.2, -0.15) is 27.0 Å². The van der Waals surface area contributed by atoms with E-state index in [9.17, 15) is 9.59 Å². The van der Waals surface area contributed by atoms with Gasteiger partial charge in [0.1, 0.15) is 0 Å². The quantitative estimate of drug-likeness (QED) is 0.195. The van der Waals surface area contributed by atoms with Gasteiger partial charge >= 0.3 is 20.7 Å². The van der Waals surface area contributed by atoms with Gasteiger partial charge < -0.3 is 22.8 Å². The van der Waals surface area contributed by atoms with Crippen LogP contribution in [0.2, 0.25) is 6.04 Å². The summed E-state index contributed by atoms with van der Waals surface area (Å²) in [5, 5.41) is 0. The maximum atomic E-state index is 11.1. The van der Waals surface area contributed by atoms with Crippen LogP contribution in [0.4, 0.5) is 0 Å². The molecule has 0 bridgehead atoms. The number of rotatable bonds is 11. The molecule has 1 unspecified atom stereocenters. The minimum absolute atomic E-state index is 0. The van der Waals surface area contributed by atoms with Crippen LogP contribution >= 0.6 is 27.0 Å². The van der Waals surface area contributed by atoms with Crippen molar-refractivity contribution in [3.8, 4) is 0 Å². The molecule has 1 atom stereocenters. The van der Waals surface area contributed by atoms with Crippen LogP contribution in [0.3, 0.4) is 0 Å². The highest BCUT2D eigenvalue weighted by atomic mass is 32.1. The molecule has 168 valence electrons.